The van der Waals surface area contributed by atoms with Gasteiger partial charge in [0, 0.05) is 24.7 Å². The van der Waals surface area contributed by atoms with Crippen LogP contribution in [-0.2, 0) is 0 Å². The number of nitrogens with zero attached hydrogens (tertiary/aromatic N) is 5. The summed E-state index contributed by atoms with van der Waals surface area (Å²) >= 11 is 0. The summed E-state index contributed by atoms with van der Waals surface area (Å²) in [6.07, 6.45) is 8.04. The van der Waals surface area contributed by atoms with E-state index in [1.165, 1.54) is 19.4 Å². The molecule has 0 aliphatic rings. The molecule has 0 aliphatic carbocycles. The van der Waals surface area contributed by atoms with Crippen molar-refractivity contribution in [3.63, 3.8) is 0 Å². The largest absolute Gasteiger partial charge is 0.491 e. The highest BCUT2D eigenvalue weighted by Crippen LogP contribution is 2.25. The predicted octanol–water partition coefficient (Wildman–Crippen LogP) is 4.02. The van der Waals surface area contributed by atoms with Crippen LogP contribution in [0.5, 0.6) is 5.75 Å². The minimum Gasteiger partial charge on any atom is -0.491 e. The van der Waals surface area contributed by atoms with Gasteiger partial charge in [0.15, 0.2) is 5.75 Å². The molecule has 2 aromatic carbocycles. The summed E-state index contributed by atoms with van der Waals surface area (Å²) in [6.45, 7) is 0. The van der Waals surface area contributed by atoms with E-state index in [-0.39, 0.29) is 16.9 Å². The van der Waals surface area contributed by atoms with Gasteiger partial charge in [-0.05, 0) is 36.4 Å². The monoisotopic (exact) mass is 427 g/mol. The fourth-order valence-electron chi connectivity index (χ4n) is 3.57. The first-order chi connectivity index (χ1) is 15.7. The molecule has 0 saturated heterocycles. The van der Waals surface area contributed by atoms with E-state index in [1.807, 2.05) is 30.3 Å². The number of aromatic nitrogens is 5. The van der Waals surface area contributed by atoms with Gasteiger partial charge in [0.1, 0.15) is 5.82 Å². The maximum Gasteiger partial charge on any atom is 0.232 e. The Morgan fingerprint density at radius 3 is 2.47 bits per heavy atom. The number of hydrogen-bond acceptors (Lipinski definition) is 4. The summed E-state index contributed by atoms with van der Waals surface area (Å²) in [4.78, 5) is 13.1. The molecule has 0 N–H and O–H groups in total. The topological polar surface area (TPSA) is 66.9 Å². The Balaban J connectivity index is 1.66. The summed E-state index contributed by atoms with van der Waals surface area (Å²) in [5, 5.41) is 8.49. The van der Waals surface area contributed by atoms with Crippen molar-refractivity contribution in [2.45, 2.75) is 0 Å². The van der Waals surface area contributed by atoms with Crippen LogP contribution in [0.15, 0.2) is 96.4 Å². The fraction of sp³-hybridized carbons (Fsp3) is 0.0417. The molecule has 7 nitrogen and oxygen atoms in total. The van der Waals surface area contributed by atoms with Gasteiger partial charge in [-0.3, -0.25) is 4.79 Å². The molecule has 8 heteroatoms. The molecular formula is C24H18FN5O2. The minimum atomic E-state index is -0.466. The van der Waals surface area contributed by atoms with Crippen LogP contribution in [-0.4, -0.2) is 31.2 Å². The quantitative estimate of drug-likeness (QED) is 0.425. The number of halogens is 1. The molecule has 0 fully saturated rings. The lowest BCUT2D eigenvalue weighted by Crippen LogP contribution is -2.14. The van der Waals surface area contributed by atoms with Gasteiger partial charge in [0.25, 0.3) is 0 Å². The molecule has 0 radical (unpaired) electrons. The summed E-state index contributed by atoms with van der Waals surface area (Å²) in [7, 11) is 1.41. The van der Waals surface area contributed by atoms with Crippen molar-refractivity contribution in [3.8, 4) is 34.1 Å². The van der Waals surface area contributed by atoms with Crippen molar-refractivity contribution < 1.29 is 9.13 Å². The maximum atomic E-state index is 15.1. The first kappa shape index (κ1) is 19.5. The number of pyridine rings is 1. The predicted molar refractivity (Wildman–Crippen MR) is 118 cm³/mol. The zero-order valence-corrected chi connectivity index (χ0v) is 17.1. The molecule has 0 amide bonds. The first-order valence-electron chi connectivity index (χ1n) is 9.86. The Kier molecular flexibility index (Phi) is 4.87. The molecule has 0 unspecified atom stereocenters. The molecular weight excluding hydrogens is 409 g/mol. The van der Waals surface area contributed by atoms with E-state index in [4.69, 9.17) is 4.74 Å². The van der Waals surface area contributed by atoms with Crippen LogP contribution < -0.4 is 10.2 Å². The molecule has 3 heterocycles. The zero-order chi connectivity index (χ0) is 22.1. The van der Waals surface area contributed by atoms with Gasteiger partial charge in [0.2, 0.25) is 5.43 Å². The molecule has 0 bridgehead atoms. The molecule has 0 saturated carbocycles. The first-order valence-corrected chi connectivity index (χ1v) is 9.86. The number of para-hydroxylation sites is 1. The van der Waals surface area contributed by atoms with E-state index in [0.29, 0.717) is 16.9 Å². The Morgan fingerprint density at radius 1 is 0.906 bits per heavy atom. The lowest BCUT2D eigenvalue weighted by molar-refractivity contribution is 0.407. The highest BCUT2D eigenvalue weighted by Gasteiger charge is 2.17. The van der Waals surface area contributed by atoms with Crippen molar-refractivity contribution in [3.05, 3.63) is 108 Å². The molecule has 3 aromatic heterocycles. The van der Waals surface area contributed by atoms with Crippen LogP contribution in [0.2, 0.25) is 0 Å². The third-order valence-electron chi connectivity index (χ3n) is 5.11. The van der Waals surface area contributed by atoms with Crippen molar-refractivity contribution in [1.29, 1.82) is 0 Å². The Labute approximate surface area is 182 Å². The van der Waals surface area contributed by atoms with Crippen molar-refractivity contribution in [2.24, 2.45) is 0 Å². The Bertz CT molecular complexity index is 1440. The summed E-state index contributed by atoms with van der Waals surface area (Å²) in [5.74, 6) is -0.370. The van der Waals surface area contributed by atoms with Crippen molar-refractivity contribution >= 4 is 0 Å². The summed E-state index contributed by atoms with van der Waals surface area (Å²) in [6, 6.07) is 17.7. The van der Waals surface area contributed by atoms with E-state index in [0.717, 1.165) is 5.69 Å². The van der Waals surface area contributed by atoms with Gasteiger partial charge in [0.05, 0.1) is 47.8 Å². The van der Waals surface area contributed by atoms with Gasteiger partial charge in [-0.2, -0.15) is 10.2 Å². The lowest BCUT2D eigenvalue weighted by atomic mass is 10.1. The van der Waals surface area contributed by atoms with E-state index in [1.54, 1.807) is 63.0 Å². The van der Waals surface area contributed by atoms with E-state index in [2.05, 4.69) is 10.2 Å². The van der Waals surface area contributed by atoms with Gasteiger partial charge >= 0.3 is 0 Å². The third-order valence-corrected chi connectivity index (χ3v) is 5.11. The number of rotatable bonds is 5. The fourth-order valence-corrected chi connectivity index (χ4v) is 3.57. The van der Waals surface area contributed by atoms with Gasteiger partial charge < -0.3 is 9.30 Å². The second-order valence-electron chi connectivity index (χ2n) is 7.03. The van der Waals surface area contributed by atoms with E-state index >= 15 is 4.39 Å². The number of ether oxygens (including phenoxy) is 1. The van der Waals surface area contributed by atoms with Crippen LogP contribution in [0, 0.1) is 5.82 Å². The SMILES string of the molecule is COc1cn(-c2ccc(-n3cccn3)cc2F)cc(-c2ccnn2-c2ccccc2)c1=O. The van der Waals surface area contributed by atoms with Crippen molar-refractivity contribution in [2.75, 3.05) is 7.11 Å². The molecule has 0 aliphatic heterocycles. The zero-order valence-electron chi connectivity index (χ0n) is 17.1. The number of methoxy groups -OCH3 is 1. The van der Waals surface area contributed by atoms with Gasteiger partial charge in [-0.25, -0.2) is 13.8 Å². The maximum absolute atomic E-state index is 15.1. The minimum absolute atomic E-state index is 0.0962. The second-order valence-corrected chi connectivity index (χ2v) is 7.03. The van der Waals surface area contributed by atoms with E-state index in [9.17, 15) is 4.79 Å². The van der Waals surface area contributed by atoms with Gasteiger partial charge in [-0.15, -0.1) is 0 Å². The normalized spacial score (nSPS) is 10.9. The summed E-state index contributed by atoms with van der Waals surface area (Å²) in [5.41, 5.74) is 2.26. The molecule has 32 heavy (non-hydrogen) atoms. The second kappa shape index (κ2) is 7.99. The van der Waals surface area contributed by atoms with Crippen LogP contribution in [0.1, 0.15) is 0 Å². The highest BCUT2D eigenvalue weighted by molar-refractivity contribution is 5.63. The molecule has 0 atom stereocenters. The Hall–Kier alpha value is -4.46. The van der Waals surface area contributed by atoms with Crippen molar-refractivity contribution in [1.82, 2.24) is 24.1 Å². The summed E-state index contributed by atoms with van der Waals surface area (Å²) < 4.78 is 25.2. The average Bonchev–Trinajstić information content (AvgIpc) is 3.52. The molecule has 0 spiro atoms. The Morgan fingerprint density at radius 2 is 1.75 bits per heavy atom. The highest BCUT2D eigenvalue weighted by atomic mass is 19.1. The average molecular weight is 427 g/mol. The standard InChI is InChI=1S/C24H18FN5O2/c1-32-23-16-28(22-9-8-18(14-20(22)25)29-13-5-11-26-29)15-19(24(23)31)21-10-12-27-30(21)17-6-3-2-4-7-17/h2-16H,1H3. The van der Waals surface area contributed by atoms with Crippen LogP contribution >= 0.6 is 0 Å². The number of benzene rings is 2. The molecule has 5 aromatic rings. The number of hydrogen-bond donors (Lipinski definition) is 0. The van der Waals surface area contributed by atoms with Crippen LogP contribution in [0.25, 0.3) is 28.3 Å². The third kappa shape index (κ3) is 3.37. The van der Waals surface area contributed by atoms with E-state index < -0.39 is 5.82 Å². The smallest absolute Gasteiger partial charge is 0.232 e. The van der Waals surface area contributed by atoms with Gasteiger partial charge in [-0.1, -0.05) is 18.2 Å². The molecule has 158 valence electrons. The molecule has 5 rings (SSSR count). The van der Waals surface area contributed by atoms with Crippen LogP contribution in [0.4, 0.5) is 4.39 Å². The lowest BCUT2D eigenvalue weighted by Gasteiger charge is -2.14. The van der Waals surface area contributed by atoms with Crippen LogP contribution in [0.3, 0.4) is 0 Å².